The third-order valence-corrected chi connectivity index (χ3v) is 5.07. The second kappa shape index (κ2) is 5.92. The molecule has 2 rings (SSSR count). The molecule has 6 nitrogen and oxygen atoms in total. The van der Waals surface area contributed by atoms with Gasteiger partial charge in [-0.3, -0.25) is 0 Å². The number of phenols is 1. The summed E-state index contributed by atoms with van der Waals surface area (Å²) in [5.41, 5.74) is 0.229. The van der Waals surface area contributed by atoms with Crippen molar-refractivity contribution in [1.29, 1.82) is 0 Å². The van der Waals surface area contributed by atoms with E-state index in [9.17, 15) is 13.5 Å². The maximum absolute atomic E-state index is 12.4. The van der Waals surface area contributed by atoms with Crippen molar-refractivity contribution >= 4 is 10.2 Å². The van der Waals surface area contributed by atoms with Crippen molar-refractivity contribution in [2.75, 3.05) is 19.7 Å². The van der Waals surface area contributed by atoms with Gasteiger partial charge in [0.1, 0.15) is 5.75 Å². The van der Waals surface area contributed by atoms with Gasteiger partial charge in [-0.15, -0.1) is 0 Å². The molecular weight excluding hydrogens is 292 g/mol. The lowest BCUT2D eigenvalue weighted by atomic mass is 10.1. The molecule has 21 heavy (non-hydrogen) atoms. The van der Waals surface area contributed by atoms with Gasteiger partial charge >= 0.3 is 0 Å². The van der Waals surface area contributed by atoms with Gasteiger partial charge in [-0.2, -0.15) is 17.4 Å². The Morgan fingerprint density at radius 2 is 2.14 bits per heavy atom. The van der Waals surface area contributed by atoms with Crippen LogP contribution in [0, 0.1) is 0 Å². The zero-order valence-corrected chi connectivity index (χ0v) is 13.4. The molecule has 1 saturated heterocycles. The number of nitrogens with zero attached hydrogens (tertiary/aromatic N) is 1. The average Bonchev–Trinajstić information content (AvgIpc) is 2.37. The molecule has 7 heteroatoms. The summed E-state index contributed by atoms with van der Waals surface area (Å²) in [6.07, 6.45) is 0. The minimum Gasteiger partial charge on any atom is -0.508 e. The standard InChI is InChI=1S/C14H22N2O4S/c1-11(12-5-4-6-13(17)9-12)15-21(18,19)16-7-8-20-14(2,3)10-16/h4-6,9,11,15,17H,7-8,10H2,1-3H3/t11-/m1/s1. The molecular formula is C14H22N2O4S. The van der Waals surface area contributed by atoms with Gasteiger partial charge in [-0.05, 0) is 38.5 Å². The smallest absolute Gasteiger partial charge is 0.280 e. The predicted molar refractivity (Wildman–Crippen MR) is 80.2 cm³/mol. The zero-order valence-electron chi connectivity index (χ0n) is 12.5. The molecule has 1 heterocycles. The van der Waals surface area contributed by atoms with E-state index in [1.807, 2.05) is 13.8 Å². The van der Waals surface area contributed by atoms with E-state index in [4.69, 9.17) is 4.74 Å². The predicted octanol–water partition coefficient (Wildman–Crippen LogP) is 1.40. The SMILES string of the molecule is C[C@@H](NS(=O)(=O)N1CCOC(C)(C)C1)c1cccc(O)c1. The minimum atomic E-state index is -3.59. The van der Waals surface area contributed by atoms with E-state index in [1.165, 1.54) is 4.31 Å². The van der Waals surface area contributed by atoms with Crippen LogP contribution in [-0.2, 0) is 14.9 Å². The van der Waals surface area contributed by atoms with Crippen LogP contribution in [0.25, 0.3) is 0 Å². The quantitative estimate of drug-likeness (QED) is 0.880. The molecule has 1 atom stereocenters. The van der Waals surface area contributed by atoms with Crippen LogP contribution in [0.15, 0.2) is 24.3 Å². The highest BCUT2D eigenvalue weighted by Crippen LogP contribution is 2.22. The summed E-state index contributed by atoms with van der Waals surface area (Å²) >= 11 is 0. The number of benzene rings is 1. The van der Waals surface area contributed by atoms with E-state index in [2.05, 4.69) is 4.72 Å². The molecule has 0 bridgehead atoms. The largest absolute Gasteiger partial charge is 0.508 e. The topological polar surface area (TPSA) is 78.9 Å². The van der Waals surface area contributed by atoms with E-state index in [-0.39, 0.29) is 5.75 Å². The Morgan fingerprint density at radius 1 is 1.43 bits per heavy atom. The van der Waals surface area contributed by atoms with Crippen molar-refractivity contribution in [2.24, 2.45) is 0 Å². The highest BCUT2D eigenvalue weighted by molar-refractivity contribution is 7.87. The fraction of sp³-hybridized carbons (Fsp3) is 0.571. The van der Waals surface area contributed by atoms with Gasteiger partial charge in [0.2, 0.25) is 0 Å². The van der Waals surface area contributed by atoms with Gasteiger partial charge < -0.3 is 9.84 Å². The van der Waals surface area contributed by atoms with Crippen LogP contribution < -0.4 is 4.72 Å². The van der Waals surface area contributed by atoms with Crippen molar-refractivity contribution in [3.8, 4) is 5.75 Å². The van der Waals surface area contributed by atoms with Crippen molar-refractivity contribution < 1.29 is 18.3 Å². The van der Waals surface area contributed by atoms with Gasteiger partial charge in [-0.25, -0.2) is 0 Å². The normalized spacial score (nSPS) is 21.1. The fourth-order valence-corrected chi connectivity index (χ4v) is 3.87. The molecule has 0 saturated carbocycles. The van der Waals surface area contributed by atoms with E-state index < -0.39 is 21.9 Å². The number of rotatable bonds is 4. The van der Waals surface area contributed by atoms with Gasteiger partial charge in [0.05, 0.1) is 12.2 Å². The second-order valence-electron chi connectivity index (χ2n) is 5.88. The summed E-state index contributed by atoms with van der Waals surface area (Å²) in [5.74, 6) is 0.117. The molecule has 1 aliphatic rings. The summed E-state index contributed by atoms with van der Waals surface area (Å²) < 4.78 is 34.4. The molecule has 1 aromatic rings. The van der Waals surface area contributed by atoms with Crippen molar-refractivity contribution in [1.82, 2.24) is 9.03 Å². The maximum Gasteiger partial charge on any atom is 0.280 e. The van der Waals surface area contributed by atoms with E-state index >= 15 is 0 Å². The van der Waals surface area contributed by atoms with E-state index in [1.54, 1.807) is 31.2 Å². The number of morpholine rings is 1. The van der Waals surface area contributed by atoms with Gasteiger partial charge in [0, 0.05) is 19.1 Å². The second-order valence-corrected chi connectivity index (χ2v) is 7.58. The number of nitrogens with one attached hydrogen (secondary N) is 1. The number of phenolic OH excluding ortho intramolecular Hbond substituents is 1. The van der Waals surface area contributed by atoms with E-state index in [0.717, 1.165) is 0 Å². The van der Waals surface area contributed by atoms with Crippen LogP contribution in [0.2, 0.25) is 0 Å². The molecule has 0 unspecified atom stereocenters. The van der Waals surface area contributed by atoms with Crippen LogP contribution in [0.3, 0.4) is 0 Å². The fourth-order valence-electron chi connectivity index (χ4n) is 2.34. The molecule has 1 fully saturated rings. The Hall–Kier alpha value is -1.15. The Labute approximate surface area is 125 Å². The summed E-state index contributed by atoms with van der Waals surface area (Å²) in [6.45, 7) is 6.52. The number of hydrogen-bond donors (Lipinski definition) is 2. The summed E-state index contributed by atoms with van der Waals surface area (Å²) in [5, 5.41) is 9.47. The highest BCUT2D eigenvalue weighted by atomic mass is 32.2. The summed E-state index contributed by atoms with van der Waals surface area (Å²) in [7, 11) is -3.59. The Balaban J connectivity index is 2.10. The third-order valence-electron chi connectivity index (χ3n) is 3.43. The zero-order chi connectivity index (χ0) is 15.7. The molecule has 0 amide bonds. The Kier molecular flexibility index (Phi) is 4.57. The van der Waals surface area contributed by atoms with Crippen molar-refractivity contribution in [3.63, 3.8) is 0 Å². The first-order valence-corrected chi connectivity index (χ1v) is 8.34. The maximum atomic E-state index is 12.4. The third kappa shape index (κ3) is 4.16. The van der Waals surface area contributed by atoms with Gasteiger partial charge in [0.15, 0.2) is 0 Å². The van der Waals surface area contributed by atoms with Crippen molar-refractivity contribution in [3.05, 3.63) is 29.8 Å². The average molecular weight is 314 g/mol. The minimum absolute atomic E-state index is 0.117. The molecule has 0 spiro atoms. The molecule has 0 aliphatic carbocycles. The van der Waals surface area contributed by atoms with Crippen LogP contribution >= 0.6 is 0 Å². The van der Waals surface area contributed by atoms with Crippen molar-refractivity contribution in [2.45, 2.75) is 32.4 Å². The molecule has 118 valence electrons. The Bertz CT molecular complexity index is 601. The van der Waals surface area contributed by atoms with Crippen LogP contribution in [-0.4, -0.2) is 43.1 Å². The van der Waals surface area contributed by atoms with Crippen LogP contribution in [0.1, 0.15) is 32.4 Å². The van der Waals surface area contributed by atoms with Gasteiger partial charge in [-0.1, -0.05) is 12.1 Å². The summed E-state index contributed by atoms with van der Waals surface area (Å²) in [4.78, 5) is 0. The first-order chi connectivity index (χ1) is 9.70. The lowest BCUT2D eigenvalue weighted by Crippen LogP contribution is -2.53. The highest BCUT2D eigenvalue weighted by Gasteiger charge is 2.34. The molecule has 0 radical (unpaired) electrons. The molecule has 2 N–H and O–H groups in total. The van der Waals surface area contributed by atoms with E-state index in [0.29, 0.717) is 25.3 Å². The molecule has 1 aromatic carbocycles. The lowest BCUT2D eigenvalue weighted by molar-refractivity contribution is -0.0643. The van der Waals surface area contributed by atoms with Gasteiger partial charge in [0.25, 0.3) is 10.2 Å². The molecule has 1 aliphatic heterocycles. The number of aromatic hydroxyl groups is 1. The molecule has 0 aromatic heterocycles. The first-order valence-electron chi connectivity index (χ1n) is 6.90. The number of hydrogen-bond acceptors (Lipinski definition) is 4. The van der Waals surface area contributed by atoms with Crippen LogP contribution in [0.5, 0.6) is 5.75 Å². The number of ether oxygens (including phenoxy) is 1. The first kappa shape index (κ1) is 16.2. The Morgan fingerprint density at radius 3 is 2.76 bits per heavy atom. The lowest BCUT2D eigenvalue weighted by Gasteiger charge is -2.37. The summed E-state index contributed by atoms with van der Waals surface area (Å²) in [6, 6.07) is 6.14. The van der Waals surface area contributed by atoms with Crippen LogP contribution in [0.4, 0.5) is 0 Å². The monoisotopic (exact) mass is 314 g/mol.